The number of hydrogen-bond donors (Lipinski definition) is 0. The van der Waals surface area contributed by atoms with E-state index in [-0.39, 0.29) is 5.82 Å². The van der Waals surface area contributed by atoms with Crippen LogP contribution in [0.25, 0.3) is 16.9 Å². The van der Waals surface area contributed by atoms with E-state index in [1.165, 1.54) is 12.1 Å². The molecule has 0 fully saturated rings. The molecule has 0 unspecified atom stereocenters. The topological polar surface area (TPSA) is 61.4 Å². The molecule has 0 aliphatic carbocycles. The Morgan fingerprint density at radius 2 is 1.76 bits per heavy atom. The van der Waals surface area contributed by atoms with E-state index >= 15 is 0 Å². The fourth-order valence-electron chi connectivity index (χ4n) is 3.65. The lowest BCUT2D eigenvalue weighted by Gasteiger charge is -2.09. The Morgan fingerprint density at radius 3 is 2.41 bits per heavy atom. The number of benzene rings is 1. The van der Waals surface area contributed by atoms with Crippen LogP contribution in [-0.4, -0.2) is 29.5 Å². The highest BCUT2D eigenvalue weighted by Crippen LogP contribution is 2.29. The van der Waals surface area contributed by atoms with Crippen LogP contribution in [-0.2, 0) is 19.9 Å². The van der Waals surface area contributed by atoms with Crippen LogP contribution in [0.3, 0.4) is 0 Å². The second-order valence-electron chi connectivity index (χ2n) is 7.14. The van der Waals surface area contributed by atoms with Crippen LogP contribution in [0.4, 0.5) is 4.39 Å². The highest BCUT2D eigenvalue weighted by molar-refractivity contribution is 5.69. The number of aryl methyl sites for hydroxylation is 4. The summed E-state index contributed by atoms with van der Waals surface area (Å²) in [5.74, 6) is 0.490. The third kappa shape index (κ3) is 3.68. The van der Waals surface area contributed by atoms with Gasteiger partial charge in [-0.1, -0.05) is 19.1 Å². The van der Waals surface area contributed by atoms with Crippen LogP contribution in [0.5, 0.6) is 0 Å². The van der Waals surface area contributed by atoms with Gasteiger partial charge in [0, 0.05) is 30.8 Å². The summed E-state index contributed by atoms with van der Waals surface area (Å²) >= 11 is 0. The molecule has 1 aromatic carbocycles. The highest BCUT2D eigenvalue weighted by Gasteiger charge is 2.18. The summed E-state index contributed by atoms with van der Waals surface area (Å²) in [6.45, 7) is 6.04. The summed E-state index contributed by atoms with van der Waals surface area (Å²) in [4.78, 5) is 8.85. The molecule has 0 saturated carbocycles. The van der Waals surface area contributed by atoms with E-state index in [0.717, 1.165) is 51.8 Å². The van der Waals surface area contributed by atoms with Gasteiger partial charge in [0.15, 0.2) is 5.82 Å². The molecule has 29 heavy (non-hydrogen) atoms. The van der Waals surface area contributed by atoms with Gasteiger partial charge in [-0.05, 0) is 44.0 Å². The van der Waals surface area contributed by atoms with E-state index in [0.29, 0.717) is 6.42 Å². The van der Waals surface area contributed by atoms with Gasteiger partial charge >= 0.3 is 0 Å². The van der Waals surface area contributed by atoms with Gasteiger partial charge in [-0.15, -0.1) is 0 Å². The molecule has 0 radical (unpaired) electrons. The molecule has 0 N–H and O–H groups in total. The SMILES string of the molecule is CCc1nn(C)c(Cc2cc(-n3nc(C)cc3C)ncn2)c1-c1ccc(F)cc1. The van der Waals surface area contributed by atoms with Gasteiger partial charge in [0.05, 0.1) is 22.8 Å². The minimum atomic E-state index is -0.248. The summed E-state index contributed by atoms with van der Waals surface area (Å²) in [6.07, 6.45) is 2.95. The third-order valence-electron chi connectivity index (χ3n) is 4.99. The standard InChI is InChI=1S/C22H23FN6/c1-5-19-22(16-6-8-17(23)9-7-16)20(28(4)27-19)11-18-12-21(25-13-24-18)29-15(3)10-14(2)26-29/h6-10,12-13H,5,11H2,1-4H3. The normalized spacial score (nSPS) is 11.2. The van der Waals surface area contributed by atoms with Gasteiger partial charge < -0.3 is 0 Å². The molecule has 4 aromatic rings. The van der Waals surface area contributed by atoms with Crippen LogP contribution in [0.15, 0.2) is 42.7 Å². The number of nitrogens with zero attached hydrogens (tertiary/aromatic N) is 6. The molecule has 0 amide bonds. The summed E-state index contributed by atoms with van der Waals surface area (Å²) in [7, 11) is 1.94. The Balaban J connectivity index is 1.75. The van der Waals surface area contributed by atoms with Crippen molar-refractivity contribution in [2.75, 3.05) is 0 Å². The number of rotatable bonds is 5. The lowest BCUT2D eigenvalue weighted by atomic mass is 9.99. The molecular formula is C22H23FN6. The quantitative estimate of drug-likeness (QED) is 0.517. The number of aromatic nitrogens is 6. The molecule has 0 bridgehead atoms. The molecule has 6 nitrogen and oxygen atoms in total. The average molecular weight is 390 g/mol. The predicted molar refractivity (Wildman–Crippen MR) is 109 cm³/mol. The summed E-state index contributed by atoms with van der Waals surface area (Å²) in [6, 6.07) is 10.5. The van der Waals surface area contributed by atoms with Crippen molar-refractivity contribution in [2.45, 2.75) is 33.6 Å². The number of hydrogen-bond acceptors (Lipinski definition) is 4. The van der Waals surface area contributed by atoms with Crippen molar-refractivity contribution in [2.24, 2.45) is 7.05 Å². The lowest BCUT2D eigenvalue weighted by molar-refractivity contribution is 0.628. The summed E-state index contributed by atoms with van der Waals surface area (Å²) in [5.41, 5.74) is 6.86. The Morgan fingerprint density at radius 1 is 1.00 bits per heavy atom. The fourth-order valence-corrected chi connectivity index (χ4v) is 3.65. The van der Waals surface area contributed by atoms with E-state index < -0.39 is 0 Å². The molecule has 0 saturated heterocycles. The van der Waals surface area contributed by atoms with Gasteiger partial charge in [0.25, 0.3) is 0 Å². The minimum absolute atomic E-state index is 0.248. The largest absolute Gasteiger partial charge is 0.271 e. The molecule has 3 aromatic heterocycles. The van der Waals surface area contributed by atoms with Gasteiger partial charge in [-0.2, -0.15) is 10.2 Å². The van der Waals surface area contributed by atoms with Crippen LogP contribution in [0, 0.1) is 19.7 Å². The first-order valence-electron chi connectivity index (χ1n) is 9.61. The molecule has 4 rings (SSSR count). The predicted octanol–water partition coefficient (Wildman–Crippen LogP) is 3.97. The molecule has 0 spiro atoms. The maximum Gasteiger partial charge on any atom is 0.157 e. The van der Waals surface area contributed by atoms with Crippen molar-refractivity contribution in [3.63, 3.8) is 0 Å². The lowest BCUT2D eigenvalue weighted by Crippen LogP contribution is -2.06. The molecule has 7 heteroatoms. The second-order valence-corrected chi connectivity index (χ2v) is 7.14. The third-order valence-corrected chi connectivity index (χ3v) is 4.99. The van der Waals surface area contributed by atoms with Crippen LogP contribution >= 0.6 is 0 Å². The first-order chi connectivity index (χ1) is 14.0. The Kier molecular flexibility index (Phi) is 4.96. The molecular weight excluding hydrogens is 367 g/mol. The molecule has 0 aliphatic heterocycles. The molecule has 3 heterocycles. The minimum Gasteiger partial charge on any atom is -0.271 e. The van der Waals surface area contributed by atoms with E-state index in [1.807, 2.05) is 42.4 Å². The van der Waals surface area contributed by atoms with E-state index in [9.17, 15) is 4.39 Å². The van der Waals surface area contributed by atoms with Crippen molar-refractivity contribution < 1.29 is 4.39 Å². The van der Waals surface area contributed by atoms with Crippen molar-refractivity contribution in [1.82, 2.24) is 29.5 Å². The summed E-state index contributed by atoms with van der Waals surface area (Å²) < 4.78 is 17.1. The van der Waals surface area contributed by atoms with Crippen molar-refractivity contribution in [3.05, 3.63) is 77.0 Å². The highest BCUT2D eigenvalue weighted by atomic mass is 19.1. The fraction of sp³-hybridized carbons (Fsp3) is 0.273. The maximum absolute atomic E-state index is 13.4. The Labute approximate surface area is 169 Å². The van der Waals surface area contributed by atoms with Crippen LogP contribution < -0.4 is 0 Å². The van der Waals surface area contributed by atoms with Gasteiger partial charge in [0.2, 0.25) is 0 Å². The van der Waals surface area contributed by atoms with E-state index in [4.69, 9.17) is 0 Å². The molecule has 0 aliphatic rings. The second kappa shape index (κ2) is 7.58. The van der Waals surface area contributed by atoms with Crippen molar-refractivity contribution in [3.8, 4) is 16.9 Å². The van der Waals surface area contributed by atoms with E-state index in [2.05, 4.69) is 27.1 Å². The van der Waals surface area contributed by atoms with Gasteiger partial charge in [-0.25, -0.2) is 19.0 Å². The van der Waals surface area contributed by atoms with Gasteiger partial charge in [0.1, 0.15) is 12.1 Å². The first-order valence-corrected chi connectivity index (χ1v) is 9.61. The van der Waals surface area contributed by atoms with E-state index in [1.54, 1.807) is 18.5 Å². The first kappa shape index (κ1) is 19.0. The van der Waals surface area contributed by atoms with Crippen molar-refractivity contribution >= 4 is 0 Å². The van der Waals surface area contributed by atoms with Gasteiger partial charge in [-0.3, -0.25) is 4.68 Å². The Bertz CT molecular complexity index is 1160. The molecule has 0 atom stereocenters. The molecule has 148 valence electrons. The zero-order valence-electron chi connectivity index (χ0n) is 17.0. The van der Waals surface area contributed by atoms with Crippen LogP contribution in [0.2, 0.25) is 0 Å². The zero-order chi connectivity index (χ0) is 20.5. The summed E-state index contributed by atoms with van der Waals surface area (Å²) in [5, 5.41) is 9.19. The Hall–Kier alpha value is -3.35. The maximum atomic E-state index is 13.4. The van der Waals surface area contributed by atoms with Crippen molar-refractivity contribution in [1.29, 1.82) is 0 Å². The smallest absolute Gasteiger partial charge is 0.157 e. The average Bonchev–Trinajstić information content (AvgIpc) is 3.21. The number of halogens is 1. The van der Waals surface area contributed by atoms with Crippen LogP contribution in [0.1, 0.15) is 35.4 Å². The monoisotopic (exact) mass is 390 g/mol. The zero-order valence-corrected chi connectivity index (χ0v) is 17.0.